The van der Waals surface area contributed by atoms with Gasteiger partial charge in [0.2, 0.25) is 5.91 Å². The van der Waals surface area contributed by atoms with Crippen molar-refractivity contribution in [3.8, 4) is 0 Å². The van der Waals surface area contributed by atoms with Crippen LogP contribution in [0.25, 0.3) is 10.9 Å². The van der Waals surface area contributed by atoms with Crippen LogP contribution in [0.1, 0.15) is 22.7 Å². The Bertz CT molecular complexity index is 1160. The summed E-state index contributed by atoms with van der Waals surface area (Å²) in [6.45, 7) is 2.09. The molecule has 0 aliphatic rings. The van der Waals surface area contributed by atoms with E-state index >= 15 is 0 Å². The third kappa shape index (κ3) is 4.11. The summed E-state index contributed by atoms with van der Waals surface area (Å²) in [5, 5.41) is 3.78. The summed E-state index contributed by atoms with van der Waals surface area (Å²) in [5.74, 6) is -0.117. The number of carbonyl (C=O) groups excluding carboxylic acids is 1. The van der Waals surface area contributed by atoms with E-state index in [1.165, 1.54) is 6.07 Å². The summed E-state index contributed by atoms with van der Waals surface area (Å²) in [5.41, 5.74) is 3.78. The number of rotatable bonds is 5. The van der Waals surface area contributed by atoms with Crippen molar-refractivity contribution in [1.82, 2.24) is 9.88 Å². The number of aryl methyl sites for hydroxylation is 1. The van der Waals surface area contributed by atoms with E-state index in [4.69, 9.17) is 0 Å². The van der Waals surface area contributed by atoms with Gasteiger partial charge in [0, 0.05) is 17.6 Å². The molecule has 144 valence electrons. The second-order valence-electron chi connectivity index (χ2n) is 7.15. The minimum absolute atomic E-state index is 0.0354. The molecule has 1 aromatic heterocycles. The molecule has 1 heterocycles. The molecule has 3 aromatic carbocycles. The van der Waals surface area contributed by atoms with Crippen LogP contribution in [0.15, 0.2) is 95.9 Å². The first-order valence-electron chi connectivity index (χ1n) is 9.61. The smallest absolute Gasteiger partial charge is 0.240 e. The molecule has 0 aliphatic carbocycles. The second kappa shape index (κ2) is 8.15. The topological polar surface area (TPSA) is 51.1 Å². The predicted molar refractivity (Wildman–Crippen MR) is 116 cm³/mol. The van der Waals surface area contributed by atoms with E-state index in [0.29, 0.717) is 5.39 Å². The molecule has 4 aromatic rings. The van der Waals surface area contributed by atoms with Crippen LogP contribution in [-0.2, 0) is 11.3 Å². The number of hydrogen-bond donors (Lipinski definition) is 1. The number of hydrogen-bond acceptors (Lipinski definition) is 2. The first kappa shape index (κ1) is 18.7. The highest BCUT2D eigenvalue weighted by Gasteiger charge is 2.17. The van der Waals surface area contributed by atoms with Crippen molar-refractivity contribution in [2.24, 2.45) is 0 Å². The highest BCUT2D eigenvalue weighted by Crippen LogP contribution is 2.22. The van der Waals surface area contributed by atoms with Gasteiger partial charge in [-0.2, -0.15) is 0 Å². The van der Waals surface area contributed by atoms with Gasteiger partial charge >= 0.3 is 0 Å². The largest absolute Gasteiger partial charge is 0.344 e. The molecule has 4 rings (SSSR count). The zero-order chi connectivity index (χ0) is 20.2. The van der Waals surface area contributed by atoms with Gasteiger partial charge < -0.3 is 9.88 Å². The average Bonchev–Trinajstić information content (AvgIpc) is 2.75. The Hall–Kier alpha value is -3.66. The molecule has 0 fully saturated rings. The zero-order valence-corrected chi connectivity index (χ0v) is 16.2. The molecule has 0 atom stereocenters. The van der Waals surface area contributed by atoms with E-state index in [1.807, 2.05) is 90.4 Å². The van der Waals surface area contributed by atoms with Crippen LogP contribution in [0, 0.1) is 6.92 Å². The molecular weight excluding hydrogens is 360 g/mol. The van der Waals surface area contributed by atoms with Crippen LogP contribution < -0.4 is 10.7 Å². The van der Waals surface area contributed by atoms with Gasteiger partial charge in [-0.05, 0) is 30.2 Å². The van der Waals surface area contributed by atoms with Crippen LogP contribution in [0.3, 0.4) is 0 Å². The Labute approximate surface area is 169 Å². The van der Waals surface area contributed by atoms with Crippen LogP contribution in [-0.4, -0.2) is 10.5 Å². The lowest BCUT2D eigenvalue weighted by molar-refractivity contribution is -0.122. The first-order valence-corrected chi connectivity index (χ1v) is 9.61. The standard InChI is InChI=1S/C25H22N2O2/c1-18-12-13-22-21(16-18)23(28)14-15-27(22)17-24(29)26-25(19-8-4-2-5-9-19)20-10-6-3-7-11-20/h2-16,25H,17H2,1H3,(H,26,29). The van der Waals surface area contributed by atoms with E-state index in [-0.39, 0.29) is 23.9 Å². The number of aromatic nitrogens is 1. The molecule has 0 aliphatic heterocycles. The van der Waals surface area contributed by atoms with E-state index in [2.05, 4.69) is 5.32 Å². The van der Waals surface area contributed by atoms with Crippen molar-refractivity contribution < 1.29 is 4.79 Å². The van der Waals surface area contributed by atoms with Crippen molar-refractivity contribution >= 4 is 16.8 Å². The van der Waals surface area contributed by atoms with E-state index in [0.717, 1.165) is 22.2 Å². The fourth-order valence-corrected chi connectivity index (χ4v) is 3.57. The van der Waals surface area contributed by atoms with Crippen LogP contribution in [0.5, 0.6) is 0 Å². The third-order valence-corrected chi connectivity index (χ3v) is 5.02. The molecule has 0 saturated heterocycles. The lowest BCUT2D eigenvalue weighted by Crippen LogP contribution is -2.32. The fraction of sp³-hybridized carbons (Fsp3) is 0.120. The molecule has 1 N–H and O–H groups in total. The normalized spacial score (nSPS) is 11.0. The average molecular weight is 382 g/mol. The van der Waals surface area contributed by atoms with Gasteiger partial charge in [0.1, 0.15) is 6.54 Å². The maximum absolute atomic E-state index is 13.0. The summed E-state index contributed by atoms with van der Waals surface area (Å²) >= 11 is 0. The Morgan fingerprint density at radius 3 is 2.14 bits per heavy atom. The Balaban J connectivity index is 1.64. The van der Waals surface area contributed by atoms with Gasteiger partial charge in [-0.3, -0.25) is 9.59 Å². The van der Waals surface area contributed by atoms with Gasteiger partial charge in [0.25, 0.3) is 0 Å². The van der Waals surface area contributed by atoms with Crippen molar-refractivity contribution in [1.29, 1.82) is 0 Å². The number of benzene rings is 3. The van der Waals surface area contributed by atoms with Gasteiger partial charge in [0.05, 0.1) is 11.6 Å². The van der Waals surface area contributed by atoms with E-state index in [9.17, 15) is 9.59 Å². The molecule has 4 heteroatoms. The molecule has 0 bridgehead atoms. The first-order chi connectivity index (χ1) is 14.1. The second-order valence-corrected chi connectivity index (χ2v) is 7.15. The van der Waals surface area contributed by atoms with Crippen molar-refractivity contribution in [2.45, 2.75) is 19.5 Å². The molecular formula is C25H22N2O2. The Morgan fingerprint density at radius 2 is 1.52 bits per heavy atom. The highest BCUT2D eigenvalue weighted by atomic mass is 16.2. The number of carbonyl (C=O) groups is 1. The minimum atomic E-state index is -0.238. The van der Waals surface area contributed by atoms with Gasteiger partial charge in [-0.1, -0.05) is 72.3 Å². The lowest BCUT2D eigenvalue weighted by atomic mass is 9.99. The fourth-order valence-electron chi connectivity index (χ4n) is 3.57. The van der Waals surface area contributed by atoms with E-state index < -0.39 is 0 Å². The predicted octanol–water partition coefficient (Wildman–Crippen LogP) is 4.22. The molecule has 29 heavy (non-hydrogen) atoms. The Morgan fingerprint density at radius 1 is 0.897 bits per heavy atom. The van der Waals surface area contributed by atoms with Crippen molar-refractivity contribution in [3.05, 3.63) is 118 Å². The summed E-state index contributed by atoms with van der Waals surface area (Å²) in [6.07, 6.45) is 1.68. The number of amides is 1. The number of fused-ring (bicyclic) bond motifs is 1. The van der Waals surface area contributed by atoms with Crippen LogP contribution in [0.4, 0.5) is 0 Å². The molecule has 0 unspecified atom stereocenters. The van der Waals surface area contributed by atoms with Gasteiger partial charge in [-0.15, -0.1) is 0 Å². The van der Waals surface area contributed by atoms with Gasteiger partial charge in [0.15, 0.2) is 5.43 Å². The van der Waals surface area contributed by atoms with Crippen LogP contribution in [0.2, 0.25) is 0 Å². The van der Waals surface area contributed by atoms with E-state index in [1.54, 1.807) is 6.20 Å². The van der Waals surface area contributed by atoms with Gasteiger partial charge in [-0.25, -0.2) is 0 Å². The number of pyridine rings is 1. The van der Waals surface area contributed by atoms with Crippen LogP contribution >= 0.6 is 0 Å². The maximum atomic E-state index is 13.0. The maximum Gasteiger partial charge on any atom is 0.240 e. The quantitative estimate of drug-likeness (QED) is 0.562. The van der Waals surface area contributed by atoms with Crippen molar-refractivity contribution in [2.75, 3.05) is 0 Å². The zero-order valence-electron chi connectivity index (χ0n) is 16.2. The molecule has 4 nitrogen and oxygen atoms in total. The van der Waals surface area contributed by atoms with Crippen molar-refractivity contribution in [3.63, 3.8) is 0 Å². The number of nitrogens with zero attached hydrogens (tertiary/aromatic N) is 1. The third-order valence-electron chi connectivity index (χ3n) is 5.02. The summed E-state index contributed by atoms with van der Waals surface area (Å²) < 4.78 is 1.82. The summed E-state index contributed by atoms with van der Waals surface area (Å²) in [4.78, 5) is 25.2. The highest BCUT2D eigenvalue weighted by molar-refractivity contribution is 5.83. The molecule has 1 amide bonds. The lowest BCUT2D eigenvalue weighted by Gasteiger charge is -2.21. The number of nitrogens with one attached hydrogen (secondary N) is 1. The summed E-state index contributed by atoms with van der Waals surface area (Å²) in [6, 6.07) is 26.8. The monoisotopic (exact) mass is 382 g/mol. The molecule has 0 radical (unpaired) electrons. The minimum Gasteiger partial charge on any atom is -0.344 e. The Kier molecular flexibility index (Phi) is 5.25. The SMILES string of the molecule is Cc1ccc2c(c1)c(=O)ccn2CC(=O)NC(c1ccccc1)c1ccccc1. The molecule has 0 saturated carbocycles. The molecule has 0 spiro atoms. The summed E-state index contributed by atoms with van der Waals surface area (Å²) in [7, 11) is 0.